The third kappa shape index (κ3) is 86.3. The zero-order valence-corrected chi connectivity index (χ0v) is 76.7. The number of aliphatic hydroxyl groups excluding tert-OH is 1. The molecular weight excluding hydrogens is 1460 g/mol. The van der Waals surface area contributed by atoms with E-state index < -0.39 is 97.5 Å². The monoisotopic (exact) mass is 1650 g/mol. The standard InChI is InChI=1S/C94H184O17P2/c1-8-10-11-12-13-14-15-16-17-18-19-20-21-25-31-36-41-46-54-61-68-75-91(96)104-81-89(110-93(98)77-70-63-56-47-42-37-32-26-23-22-24-29-34-39-44-51-58-65-72-85(3)4)83-108-112(100,101)106-79-88(95)80-107-113(102,103)109-84-90(82-105-92(97)76-69-62-55-50-49-53-60-67-74-87(7)9-2)111-94(99)78-71-64-57-48-43-38-33-28-27-30-35-40-45-52-59-66-73-86(5)6/h85-90,95H,8-84H2,1-7H3,(H,100,101)(H,102,103)/t87?,88-,89-,90-/m1/s1. The summed E-state index contributed by atoms with van der Waals surface area (Å²) in [4.78, 5) is 73.5. The predicted molar refractivity (Wildman–Crippen MR) is 469 cm³/mol. The molecule has 0 amide bonds. The molecule has 0 radical (unpaired) electrons. The fraction of sp³-hybridized carbons (Fsp3) is 0.957. The fourth-order valence-electron chi connectivity index (χ4n) is 14.8. The van der Waals surface area contributed by atoms with E-state index in [1.54, 1.807) is 0 Å². The zero-order chi connectivity index (χ0) is 82.9. The zero-order valence-electron chi connectivity index (χ0n) is 74.9. The van der Waals surface area contributed by atoms with E-state index in [-0.39, 0.29) is 25.7 Å². The van der Waals surface area contributed by atoms with Gasteiger partial charge in [-0.1, -0.05) is 453 Å². The highest BCUT2D eigenvalue weighted by molar-refractivity contribution is 7.47. The van der Waals surface area contributed by atoms with Crippen LogP contribution in [0.4, 0.5) is 0 Å². The highest BCUT2D eigenvalue weighted by atomic mass is 31.2. The first kappa shape index (κ1) is 111. The second-order valence-electron chi connectivity index (χ2n) is 35.0. The van der Waals surface area contributed by atoms with Crippen LogP contribution in [-0.4, -0.2) is 96.7 Å². The number of esters is 4. The number of carbonyl (C=O) groups excluding carboxylic acids is 4. The van der Waals surface area contributed by atoms with Gasteiger partial charge < -0.3 is 33.8 Å². The first-order valence-electron chi connectivity index (χ1n) is 48.4. The third-order valence-electron chi connectivity index (χ3n) is 22.5. The first-order valence-corrected chi connectivity index (χ1v) is 51.4. The molecule has 3 N–H and O–H groups in total. The summed E-state index contributed by atoms with van der Waals surface area (Å²) >= 11 is 0. The first-order chi connectivity index (χ1) is 54.8. The Morgan fingerprint density at radius 2 is 0.451 bits per heavy atom. The number of unbranched alkanes of at least 4 members (excludes halogenated alkanes) is 59. The second-order valence-corrected chi connectivity index (χ2v) is 37.9. The Morgan fingerprint density at radius 3 is 0.673 bits per heavy atom. The van der Waals surface area contributed by atoms with Gasteiger partial charge in [-0.25, -0.2) is 9.13 Å². The smallest absolute Gasteiger partial charge is 0.462 e. The number of hydrogen-bond acceptors (Lipinski definition) is 15. The number of carbonyl (C=O) groups is 4. The van der Waals surface area contributed by atoms with Crippen LogP contribution in [0.5, 0.6) is 0 Å². The average Bonchev–Trinajstić information content (AvgIpc) is 0.898. The molecule has 0 aromatic carbocycles. The van der Waals surface area contributed by atoms with Crippen molar-refractivity contribution in [2.45, 2.75) is 523 Å². The van der Waals surface area contributed by atoms with Gasteiger partial charge in [0.2, 0.25) is 0 Å². The molecular formula is C94H184O17P2. The Kier molecular flexibility index (Phi) is 82.3. The van der Waals surface area contributed by atoms with Crippen molar-refractivity contribution in [3.05, 3.63) is 0 Å². The molecule has 113 heavy (non-hydrogen) atoms. The molecule has 0 aromatic rings. The lowest BCUT2D eigenvalue weighted by Crippen LogP contribution is -2.30. The summed E-state index contributed by atoms with van der Waals surface area (Å²) in [6, 6.07) is 0. The molecule has 0 bridgehead atoms. The summed E-state index contributed by atoms with van der Waals surface area (Å²) in [5, 5.41) is 10.7. The topological polar surface area (TPSA) is 237 Å². The van der Waals surface area contributed by atoms with Crippen molar-refractivity contribution >= 4 is 39.5 Å². The molecule has 0 aliphatic carbocycles. The van der Waals surface area contributed by atoms with Gasteiger partial charge in [-0.3, -0.25) is 37.3 Å². The van der Waals surface area contributed by atoms with E-state index in [1.165, 1.54) is 315 Å². The van der Waals surface area contributed by atoms with Gasteiger partial charge in [0.05, 0.1) is 26.4 Å². The minimum absolute atomic E-state index is 0.108. The average molecular weight is 1650 g/mol. The Balaban J connectivity index is 5.25. The summed E-state index contributed by atoms with van der Waals surface area (Å²) in [6.45, 7) is 12.1. The third-order valence-corrected chi connectivity index (χ3v) is 24.4. The van der Waals surface area contributed by atoms with Crippen molar-refractivity contribution < 1.29 is 80.2 Å². The lowest BCUT2D eigenvalue weighted by Gasteiger charge is -2.21. The lowest BCUT2D eigenvalue weighted by atomic mass is 9.99. The number of ether oxygens (including phenoxy) is 4. The van der Waals surface area contributed by atoms with E-state index in [4.69, 9.17) is 37.0 Å². The molecule has 0 heterocycles. The molecule has 0 aliphatic rings. The van der Waals surface area contributed by atoms with Gasteiger partial charge in [0.1, 0.15) is 19.3 Å². The maximum absolute atomic E-state index is 13.2. The van der Waals surface area contributed by atoms with E-state index >= 15 is 0 Å². The number of hydrogen-bond donors (Lipinski definition) is 3. The second kappa shape index (κ2) is 83.7. The molecule has 19 heteroatoms. The Labute approximate surface area is 696 Å². The SMILES string of the molecule is CCCCCCCCCCCCCCCCCCCCCCCC(=O)OC[C@H](COP(=O)(O)OC[C@@H](O)COP(=O)(O)OC[C@@H](COC(=O)CCCCCCCCCCC(C)CC)OC(=O)CCCCCCCCCCCCCCCCCCC(C)C)OC(=O)CCCCCCCCCCCCCCCCCCCCC(C)C. The van der Waals surface area contributed by atoms with E-state index in [1.807, 2.05) is 0 Å². The molecule has 0 aromatic heterocycles. The van der Waals surface area contributed by atoms with Crippen LogP contribution in [0.15, 0.2) is 0 Å². The van der Waals surface area contributed by atoms with Crippen LogP contribution in [0.25, 0.3) is 0 Å². The largest absolute Gasteiger partial charge is 0.472 e. The highest BCUT2D eigenvalue weighted by Crippen LogP contribution is 2.45. The molecule has 0 spiro atoms. The van der Waals surface area contributed by atoms with E-state index in [9.17, 15) is 43.2 Å². The fourth-order valence-corrected chi connectivity index (χ4v) is 16.3. The minimum atomic E-state index is -4.97. The van der Waals surface area contributed by atoms with Crippen molar-refractivity contribution in [1.29, 1.82) is 0 Å². The Bertz CT molecular complexity index is 2170. The molecule has 0 fully saturated rings. The van der Waals surface area contributed by atoms with Crippen LogP contribution < -0.4 is 0 Å². The number of aliphatic hydroxyl groups is 1. The quantitative estimate of drug-likeness (QED) is 0.0222. The predicted octanol–water partition coefficient (Wildman–Crippen LogP) is 29.2. The van der Waals surface area contributed by atoms with Crippen LogP contribution in [0, 0.1) is 17.8 Å². The molecule has 0 aliphatic heterocycles. The van der Waals surface area contributed by atoms with Gasteiger partial charge in [0.25, 0.3) is 0 Å². The van der Waals surface area contributed by atoms with E-state index in [2.05, 4.69) is 48.5 Å². The van der Waals surface area contributed by atoms with E-state index in [0.717, 1.165) is 108 Å². The molecule has 672 valence electrons. The van der Waals surface area contributed by atoms with Crippen LogP contribution in [0.2, 0.25) is 0 Å². The Morgan fingerprint density at radius 1 is 0.257 bits per heavy atom. The van der Waals surface area contributed by atoms with Crippen molar-refractivity contribution in [3.8, 4) is 0 Å². The van der Waals surface area contributed by atoms with Gasteiger partial charge in [-0.2, -0.15) is 0 Å². The maximum atomic E-state index is 13.2. The minimum Gasteiger partial charge on any atom is -0.462 e. The number of rotatable bonds is 92. The van der Waals surface area contributed by atoms with Gasteiger partial charge in [-0.05, 0) is 43.4 Å². The molecule has 3 unspecified atom stereocenters. The lowest BCUT2D eigenvalue weighted by molar-refractivity contribution is -0.161. The number of phosphoric acid groups is 2. The van der Waals surface area contributed by atoms with Gasteiger partial charge >= 0.3 is 39.5 Å². The summed E-state index contributed by atoms with van der Waals surface area (Å²) < 4.78 is 69.2. The number of phosphoric ester groups is 2. The summed E-state index contributed by atoms with van der Waals surface area (Å²) in [5.41, 5.74) is 0. The van der Waals surface area contributed by atoms with Crippen LogP contribution in [0.3, 0.4) is 0 Å². The summed E-state index contributed by atoms with van der Waals surface area (Å²) in [5.74, 6) is 0.311. The van der Waals surface area contributed by atoms with Crippen LogP contribution in [-0.2, 0) is 65.4 Å². The van der Waals surface area contributed by atoms with Crippen molar-refractivity contribution in [2.24, 2.45) is 17.8 Å². The van der Waals surface area contributed by atoms with Crippen molar-refractivity contribution in [1.82, 2.24) is 0 Å². The van der Waals surface area contributed by atoms with Crippen molar-refractivity contribution in [3.63, 3.8) is 0 Å². The molecule has 17 nitrogen and oxygen atoms in total. The van der Waals surface area contributed by atoms with Gasteiger partial charge in [-0.15, -0.1) is 0 Å². The maximum Gasteiger partial charge on any atom is 0.472 e. The molecule has 0 saturated carbocycles. The normalized spacial score (nSPS) is 14.0. The molecule has 6 atom stereocenters. The molecule has 0 rings (SSSR count). The summed E-state index contributed by atoms with van der Waals surface area (Å²) in [6.07, 6.45) is 77.9. The Hall–Kier alpha value is -1.94. The highest BCUT2D eigenvalue weighted by Gasteiger charge is 2.31. The van der Waals surface area contributed by atoms with E-state index in [0.29, 0.717) is 25.7 Å². The summed E-state index contributed by atoms with van der Waals surface area (Å²) in [7, 11) is -9.94. The van der Waals surface area contributed by atoms with Crippen LogP contribution in [0.1, 0.15) is 504 Å². The molecule has 0 saturated heterocycles. The van der Waals surface area contributed by atoms with Gasteiger partial charge in [0, 0.05) is 25.7 Å². The van der Waals surface area contributed by atoms with Crippen molar-refractivity contribution in [2.75, 3.05) is 39.6 Å². The van der Waals surface area contributed by atoms with Crippen LogP contribution >= 0.6 is 15.6 Å². The van der Waals surface area contributed by atoms with Gasteiger partial charge in [0.15, 0.2) is 12.2 Å².